The number of terminal acetylenes is 3. The lowest BCUT2D eigenvalue weighted by Crippen LogP contribution is -2.43. The average molecular weight is 2210 g/mol. The van der Waals surface area contributed by atoms with Crippen molar-refractivity contribution in [1.29, 1.82) is 0 Å². The van der Waals surface area contributed by atoms with Crippen molar-refractivity contribution in [3.8, 4) is 137 Å². The minimum atomic E-state index is -4.74. The highest BCUT2D eigenvalue weighted by molar-refractivity contribution is 8.65. The number of aldehydes is 1. The van der Waals surface area contributed by atoms with E-state index in [-0.39, 0.29) is 106 Å². The Balaban J connectivity index is -0.000000298. The van der Waals surface area contributed by atoms with Gasteiger partial charge in [0, 0.05) is 37.8 Å². The number of phenols is 1. The maximum Gasteiger partial charge on any atom is 0.420 e. The van der Waals surface area contributed by atoms with E-state index in [0.717, 1.165) is 60.9 Å². The highest BCUT2D eigenvalue weighted by Crippen LogP contribution is 2.60. The minimum Gasteiger partial charge on any atom is -0.507 e. The van der Waals surface area contributed by atoms with Crippen LogP contribution < -0.4 is 45.9 Å². The minimum absolute atomic E-state index is 0. The van der Waals surface area contributed by atoms with Crippen LogP contribution in [0.1, 0.15) is 166 Å². The summed E-state index contributed by atoms with van der Waals surface area (Å²) in [7, 11) is 4.47. The Morgan fingerprint density at radius 1 is 0.428 bits per heavy atom. The third-order valence-corrected chi connectivity index (χ3v) is 25.8. The van der Waals surface area contributed by atoms with E-state index in [9.17, 15) is 102 Å². The van der Waals surface area contributed by atoms with Crippen molar-refractivity contribution in [3.63, 3.8) is 0 Å². The van der Waals surface area contributed by atoms with Gasteiger partial charge in [-0.05, 0) is 302 Å². The van der Waals surface area contributed by atoms with Crippen LogP contribution in [0, 0.1) is 137 Å². The molecule has 0 aliphatic heterocycles. The van der Waals surface area contributed by atoms with Gasteiger partial charge in [0.2, 0.25) is 0 Å². The molecule has 0 heterocycles. The van der Waals surface area contributed by atoms with E-state index in [4.69, 9.17) is 77.6 Å². The average Bonchev–Trinajstić information content (AvgIpc) is 0.840. The summed E-state index contributed by atoms with van der Waals surface area (Å²) < 4.78 is 294. The van der Waals surface area contributed by atoms with Crippen LogP contribution in [0.5, 0.6) is 28.7 Å². The first-order valence-electron chi connectivity index (χ1n) is 42.7. The molecule has 0 saturated carbocycles. The summed E-state index contributed by atoms with van der Waals surface area (Å²) >= 11 is 0. The molecule has 145 heavy (non-hydrogen) atoms. The Morgan fingerprint density at radius 3 is 0.945 bits per heavy atom. The maximum atomic E-state index is 13.1. The second-order valence-corrected chi connectivity index (χ2v) is 55.5. The van der Waals surface area contributed by atoms with Crippen molar-refractivity contribution < 1.29 is 155 Å². The van der Waals surface area contributed by atoms with Gasteiger partial charge in [-0.25, -0.2) is 31.5 Å². The lowest BCUT2D eigenvalue weighted by molar-refractivity contribution is -0.140. The van der Waals surface area contributed by atoms with Gasteiger partial charge in [0.1, 0.15) is 130 Å². The van der Waals surface area contributed by atoms with Crippen molar-refractivity contribution in [2.75, 3.05) is 65.9 Å². The van der Waals surface area contributed by atoms with E-state index >= 15 is 0 Å². The molecule has 8 atom stereocenters. The lowest BCUT2D eigenvalue weighted by Gasteiger charge is -2.36. The van der Waals surface area contributed by atoms with Gasteiger partial charge in [-0.1, -0.05) is 59.3 Å². The number of benzene rings is 5. The summed E-state index contributed by atoms with van der Waals surface area (Å²) in [5.41, 5.74) is -1.77. The number of nitrogens with one attached hydrogen (secondary N) is 4. The van der Waals surface area contributed by atoms with Gasteiger partial charge in [0.15, 0.2) is 16.6 Å². The number of carbonyl (C=O) groups excluding carboxylic acids is 3. The first kappa shape index (κ1) is 148. The summed E-state index contributed by atoms with van der Waals surface area (Å²) in [6.45, 7) is 46.9. The standard InChI is InChI=1S/C18H29F4NO2Si.C15H19F4NO3.C12H15F4NO2.C10H11F4NO.C8H17NO3.C8H18O2Si.C8H6.C7H4F4O.C7H4.C6H2.ClH.H6P4/c1-13(23-9-10-25-26(5,6)17(2,3)4)12-24-16-8-7-14(19)11-15(16)18(20,21)22;1-9(20-13(21)23-14(2,3)4)8-22-12-6-5-10(16)7-11(12)15(17,18)19;1-8(17-4-5-18)7-19-11-3-2-9(13)6-10(11)12(14,15)16;1-6(15)5-16-9-3-2-7(11)4-8(9)10(12,13)14;1-6(5-10)9-7(11)12-8(2,3)4;1-8(2,3)11(4,5)10-7-6-9;1-3-5-7-8-6-4-2;8-4-1-2-6(12)5(3-4)7(9,10)11;1-3-5-7-6-4-2;1-3-5-6-4-2;;1-4(2)3/h7-8,11,13,23H,9-10,12H2,1-6H3;5-7,9H,8H2,1-4H3,(H,20,21);2-3,6,8,17-18H,4-5,7H2,1H3;2-4,6H,5,15H2,1H3;6,10H,5H2,1-4H3,(H,9,11);6H,7H2,1-5H3;1-2H3;1-3,12H;1H,2H3;1-2H;1H;1-3H2/t13-;9-;8-;2*6-;;;;;;;/m00000......./s1. The number of hydrogen-bond acceptors (Lipinski definition) is 17. The van der Waals surface area contributed by atoms with E-state index in [1.54, 1.807) is 90.0 Å². The smallest absolute Gasteiger partial charge is 0.420 e. The van der Waals surface area contributed by atoms with Gasteiger partial charge in [0.25, 0.3) is 0 Å². The maximum absolute atomic E-state index is 13.1. The molecular weight excluding hydrogens is 2080 g/mol. The van der Waals surface area contributed by atoms with E-state index in [2.05, 4.69) is 205 Å². The molecule has 0 radical (unpaired) electrons. The first-order chi connectivity index (χ1) is 65.8. The Bertz CT molecular complexity index is 5130. The van der Waals surface area contributed by atoms with Gasteiger partial charge in [-0.3, -0.25) is 0 Å². The fourth-order valence-corrected chi connectivity index (χ4v) is 10.2. The SMILES string of the molecule is C#CC#CC#C.C#CC#CC#CC.CC#CC#CC#CC.CC(C)(C)[Si](C)(C)OCC=O.C[C@@H](CO)NC(=O)OC(C)(C)C.C[C@@H](COc1ccc(F)cc1C(F)(F)F)NC(=O)OC(C)(C)C.C[C@@H](COc1ccc(F)cc1C(F)(F)F)NCCO.C[C@@H](COc1ccc(F)cc1C(F)(F)F)NCCO[Si](C)(C)C(C)(C)C.C[C@H](N)COc1ccc(F)cc1C(F)(F)F.Cl.Oc1ccc(F)cc1C(F)(F)F.PP(P)P. The third-order valence-electron chi connectivity index (χ3n) is 16.8. The van der Waals surface area contributed by atoms with Gasteiger partial charge >= 0.3 is 43.1 Å². The number of phenolic OH excluding ortho intramolecular Hbond substituents is 1. The molecule has 0 spiro atoms. The monoisotopic (exact) mass is 2210 g/mol. The number of halogens is 21. The summed E-state index contributed by atoms with van der Waals surface area (Å²) in [6.07, 6.45) is -9.64. The molecule has 5 aromatic rings. The first-order valence-corrected chi connectivity index (χ1v) is 54.7. The molecule has 46 heteroatoms. The van der Waals surface area contributed by atoms with Crippen LogP contribution in [0.15, 0.2) is 91.0 Å². The normalized spacial score (nSPS) is 11.8. The number of aromatic hydroxyl groups is 1. The number of ether oxygens (including phenoxy) is 6. The quantitative estimate of drug-likeness (QED) is 0.00639. The van der Waals surface area contributed by atoms with Crippen LogP contribution in [0.3, 0.4) is 0 Å². The number of rotatable bonds is 26. The largest absolute Gasteiger partial charge is 0.507 e. The van der Waals surface area contributed by atoms with Crippen LogP contribution in [0.2, 0.25) is 36.3 Å². The second-order valence-electron chi connectivity index (χ2n) is 34.2. The second kappa shape index (κ2) is 74.9. The molecule has 2 amide bonds. The third kappa shape index (κ3) is 79.0. The van der Waals surface area contributed by atoms with Gasteiger partial charge in [-0.15, -0.1) is 58.5 Å². The summed E-state index contributed by atoms with van der Waals surface area (Å²) in [5, 5.41) is 37.1. The van der Waals surface area contributed by atoms with Crippen molar-refractivity contribution in [2.45, 2.75) is 247 Å². The lowest BCUT2D eigenvalue weighted by atomic mass is 10.2. The summed E-state index contributed by atoms with van der Waals surface area (Å²) in [4.78, 5) is 32.6. The predicted molar refractivity (Wildman–Crippen MR) is 547 cm³/mol. The van der Waals surface area contributed by atoms with Crippen LogP contribution in [0.25, 0.3) is 0 Å². The predicted octanol–water partition coefficient (Wildman–Crippen LogP) is 24.0. The van der Waals surface area contributed by atoms with Gasteiger partial charge in [-0.2, -0.15) is 65.9 Å². The Morgan fingerprint density at radius 2 is 0.690 bits per heavy atom. The highest BCUT2D eigenvalue weighted by Gasteiger charge is 2.41. The van der Waals surface area contributed by atoms with Gasteiger partial charge < -0.3 is 84.4 Å². The van der Waals surface area contributed by atoms with Crippen molar-refractivity contribution in [2.24, 2.45) is 5.73 Å². The van der Waals surface area contributed by atoms with Crippen molar-refractivity contribution >= 4 is 81.3 Å². The number of aliphatic hydroxyl groups is 2. The number of nitrogens with two attached hydrogens (primary N) is 1. The molecule has 812 valence electrons. The number of amides is 2. The molecular formula is C99H132ClF20N5O14P4Si2. The van der Waals surface area contributed by atoms with Crippen molar-refractivity contribution in [3.05, 3.63) is 148 Å². The number of hydrogen-bond donors (Lipinski definition) is 8. The fraction of sp³-hybridized carbons (Fsp3) is 0.485. The molecule has 0 aliphatic carbocycles. The zero-order valence-electron chi connectivity index (χ0n) is 85.0. The number of carbonyl (C=O) groups is 3. The zero-order valence-corrected chi connectivity index (χ0v) is 92.2. The topological polar surface area (TPSA) is 260 Å². The number of aliphatic hydroxyl groups excluding tert-OH is 2. The van der Waals surface area contributed by atoms with Crippen LogP contribution in [0.4, 0.5) is 97.4 Å². The molecule has 3 unspecified atom stereocenters. The molecule has 9 N–H and O–H groups in total. The van der Waals surface area contributed by atoms with Crippen molar-refractivity contribution in [1.82, 2.24) is 21.3 Å². The van der Waals surface area contributed by atoms with Gasteiger partial charge in [0.05, 0.1) is 31.9 Å². The zero-order chi connectivity index (χ0) is 113. The van der Waals surface area contributed by atoms with Crippen LogP contribution in [-0.4, -0.2) is 158 Å². The van der Waals surface area contributed by atoms with E-state index in [1.165, 1.54) is 0 Å². The molecule has 5 aromatic carbocycles. The molecule has 0 saturated heterocycles. The van der Waals surface area contributed by atoms with E-state index in [1.807, 2.05) is 6.92 Å². The van der Waals surface area contributed by atoms with Crippen LogP contribution in [-0.2, 0) is 54.0 Å². The fourth-order valence-electron chi connectivity index (χ4n) is 8.21. The Hall–Kier alpha value is -9.89. The highest BCUT2D eigenvalue weighted by atomic mass is 35.5. The molecule has 0 aromatic heterocycles. The number of alkyl carbamates (subject to hydrolysis) is 2. The molecule has 0 bridgehead atoms. The summed E-state index contributed by atoms with van der Waals surface area (Å²) in [5.74, 6) is 28.6. The molecule has 5 rings (SSSR count). The number of alkyl halides is 15. The Labute approximate surface area is 856 Å². The van der Waals surface area contributed by atoms with E-state index in [0.29, 0.717) is 50.0 Å². The molecule has 0 fully saturated rings. The molecule has 0 aliphatic rings. The van der Waals surface area contributed by atoms with E-state index < -0.39 is 163 Å². The molecule has 19 nitrogen and oxygen atoms in total. The Kier molecular flexibility index (Phi) is 76.5. The van der Waals surface area contributed by atoms with Crippen LogP contribution >= 0.6 is 46.2 Å². The summed E-state index contributed by atoms with van der Waals surface area (Å²) in [6, 6.07) is 9.05.